The fourth-order valence-corrected chi connectivity index (χ4v) is 1.66. The van der Waals surface area contributed by atoms with Gasteiger partial charge < -0.3 is 29.2 Å². The van der Waals surface area contributed by atoms with Gasteiger partial charge in [-0.25, -0.2) is 9.59 Å². The first-order chi connectivity index (χ1) is 11.7. The van der Waals surface area contributed by atoms with Crippen LogP contribution in [0.2, 0.25) is 0 Å². The molecule has 0 aliphatic rings. The zero-order chi connectivity index (χ0) is 17.6. The maximum atomic E-state index is 11.9. The van der Waals surface area contributed by atoms with Crippen LogP contribution in [0.4, 0.5) is 0 Å². The quantitative estimate of drug-likeness (QED) is 0.404. The number of rotatable bonds is 12. The molecule has 0 aliphatic carbocycles. The van der Waals surface area contributed by atoms with E-state index in [0.29, 0.717) is 0 Å². The molecule has 2 N–H and O–H groups in total. The minimum atomic E-state index is -0.580. The van der Waals surface area contributed by atoms with Gasteiger partial charge in [-0.1, -0.05) is 6.07 Å². The lowest BCUT2D eigenvalue weighted by Gasteiger charge is -2.08. The first-order valence-corrected chi connectivity index (χ1v) is 7.50. The van der Waals surface area contributed by atoms with Crippen molar-refractivity contribution in [3.63, 3.8) is 0 Å². The molecule has 1 aromatic carbocycles. The van der Waals surface area contributed by atoms with Crippen molar-refractivity contribution in [1.82, 2.24) is 0 Å². The Labute approximate surface area is 139 Å². The molecule has 0 heterocycles. The van der Waals surface area contributed by atoms with Gasteiger partial charge in [-0.2, -0.15) is 0 Å². The number of ether oxygens (including phenoxy) is 4. The average Bonchev–Trinajstić information content (AvgIpc) is 2.61. The number of carbonyl (C=O) groups is 2. The summed E-state index contributed by atoms with van der Waals surface area (Å²) in [4.78, 5) is 23.7. The van der Waals surface area contributed by atoms with Gasteiger partial charge in [-0.3, -0.25) is 0 Å². The Morgan fingerprint density at radius 3 is 1.62 bits per heavy atom. The summed E-state index contributed by atoms with van der Waals surface area (Å²) in [5, 5.41) is 17.1. The predicted octanol–water partition coefficient (Wildman–Crippen LogP) is 0.0180. The van der Waals surface area contributed by atoms with E-state index in [1.165, 1.54) is 18.2 Å². The zero-order valence-corrected chi connectivity index (χ0v) is 13.3. The first kappa shape index (κ1) is 20.0. The molecule has 0 radical (unpaired) electrons. The number of benzene rings is 1. The second kappa shape index (κ2) is 12.4. The number of carbonyl (C=O) groups excluding carboxylic acids is 2. The van der Waals surface area contributed by atoms with E-state index < -0.39 is 11.9 Å². The van der Waals surface area contributed by atoms with E-state index in [4.69, 9.17) is 29.2 Å². The average molecular weight is 342 g/mol. The maximum absolute atomic E-state index is 11.9. The van der Waals surface area contributed by atoms with Crippen molar-refractivity contribution in [1.29, 1.82) is 0 Å². The van der Waals surface area contributed by atoms with Crippen molar-refractivity contribution in [2.24, 2.45) is 0 Å². The van der Waals surface area contributed by atoms with Crippen LogP contribution in [0.25, 0.3) is 0 Å². The van der Waals surface area contributed by atoms with E-state index in [-0.39, 0.29) is 64.0 Å². The van der Waals surface area contributed by atoms with Gasteiger partial charge in [0.25, 0.3) is 0 Å². The molecule has 0 aromatic heterocycles. The summed E-state index contributed by atoms with van der Waals surface area (Å²) in [6.45, 7) is 0.642. The number of aliphatic hydroxyl groups excluding tert-OH is 2. The highest BCUT2D eigenvalue weighted by atomic mass is 16.6. The fraction of sp³-hybridized carbons (Fsp3) is 0.500. The lowest BCUT2D eigenvalue weighted by atomic mass is 10.1. The second-order valence-corrected chi connectivity index (χ2v) is 4.52. The van der Waals surface area contributed by atoms with E-state index >= 15 is 0 Å². The van der Waals surface area contributed by atoms with Crippen LogP contribution >= 0.6 is 0 Å². The van der Waals surface area contributed by atoms with Crippen LogP contribution in [0.3, 0.4) is 0 Å². The molecule has 1 aromatic rings. The largest absolute Gasteiger partial charge is 0.460 e. The molecule has 0 aliphatic heterocycles. The predicted molar refractivity (Wildman–Crippen MR) is 82.8 cm³/mol. The van der Waals surface area contributed by atoms with Gasteiger partial charge in [0.1, 0.15) is 13.2 Å². The van der Waals surface area contributed by atoms with Crippen molar-refractivity contribution >= 4 is 11.9 Å². The smallest absolute Gasteiger partial charge is 0.338 e. The Morgan fingerprint density at radius 1 is 0.750 bits per heavy atom. The van der Waals surface area contributed by atoms with Gasteiger partial charge in [0.2, 0.25) is 0 Å². The molecule has 8 nitrogen and oxygen atoms in total. The summed E-state index contributed by atoms with van der Waals surface area (Å²) >= 11 is 0. The van der Waals surface area contributed by atoms with E-state index in [0.717, 1.165) is 0 Å². The minimum Gasteiger partial charge on any atom is -0.460 e. The van der Waals surface area contributed by atoms with E-state index in [2.05, 4.69) is 0 Å². The number of hydrogen-bond acceptors (Lipinski definition) is 8. The van der Waals surface area contributed by atoms with Gasteiger partial charge >= 0.3 is 11.9 Å². The summed E-state index contributed by atoms with van der Waals surface area (Å²) in [6.07, 6.45) is 0. The molecule has 0 amide bonds. The summed E-state index contributed by atoms with van der Waals surface area (Å²) < 4.78 is 19.9. The Hall–Kier alpha value is -2.00. The molecule has 24 heavy (non-hydrogen) atoms. The fourth-order valence-electron chi connectivity index (χ4n) is 1.66. The highest BCUT2D eigenvalue weighted by Gasteiger charge is 2.12. The third-order valence-corrected chi connectivity index (χ3v) is 2.73. The highest BCUT2D eigenvalue weighted by Crippen LogP contribution is 2.08. The molecule has 8 heteroatoms. The summed E-state index contributed by atoms with van der Waals surface area (Å²) in [7, 11) is 0. The van der Waals surface area contributed by atoms with Gasteiger partial charge in [0.05, 0.1) is 50.8 Å². The summed E-state index contributed by atoms with van der Waals surface area (Å²) in [5.41, 5.74) is 0.450. The molecule has 134 valence electrons. The number of esters is 2. The standard InChI is InChI=1S/C16H22O8/c17-4-6-21-8-10-23-15(19)13-2-1-3-14(12-13)16(20)24-11-9-22-7-5-18/h1-3,12,17-18H,4-11H2. The van der Waals surface area contributed by atoms with Gasteiger partial charge in [0.15, 0.2) is 0 Å². The van der Waals surface area contributed by atoms with E-state index in [1.807, 2.05) is 0 Å². The van der Waals surface area contributed by atoms with Crippen molar-refractivity contribution in [2.75, 3.05) is 52.9 Å². The molecule has 0 saturated carbocycles. The summed E-state index contributed by atoms with van der Waals surface area (Å²) in [5.74, 6) is -1.16. The Kier molecular flexibility index (Phi) is 10.4. The van der Waals surface area contributed by atoms with Crippen LogP contribution in [-0.2, 0) is 18.9 Å². The molecule has 0 spiro atoms. The molecule has 1 rings (SSSR count). The van der Waals surface area contributed by atoms with Gasteiger partial charge in [-0.05, 0) is 18.2 Å². The lowest BCUT2D eigenvalue weighted by molar-refractivity contribution is 0.0256. The number of hydrogen-bond donors (Lipinski definition) is 2. The first-order valence-electron chi connectivity index (χ1n) is 7.50. The normalized spacial score (nSPS) is 10.4. The molecule has 0 bridgehead atoms. The van der Waals surface area contributed by atoms with Gasteiger partial charge in [-0.15, -0.1) is 0 Å². The zero-order valence-electron chi connectivity index (χ0n) is 13.3. The van der Waals surface area contributed by atoms with Crippen LogP contribution < -0.4 is 0 Å². The summed E-state index contributed by atoms with van der Waals surface area (Å²) in [6, 6.07) is 5.99. The van der Waals surface area contributed by atoms with Crippen LogP contribution in [0.1, 0.15) is 20.7 Å². The third kappa shape index (κ3) is 8.02. The third-order valence-electron chi connectivity index (χ3n) is 2.73. The topological polar surface area (TPSA) is 112 Å². The number of aliphatic hydroxyl groups is 2. The van der Waals surface area contributed by atoms with Crippen LogP contribution in [-0.4, -0.2) is 75.0 Å². The van der Waals surface area contributed by atoms with Crippen molar-refractivity contribution < 1.29 is 38.7 Å². The molecule has 0 unspecified atom stereocenters. The van der Waals surface area contributed by atoms with Crippen LogP contribution in [0.15, 0.2) is 24.3 Å². The van der Waals surface area contributed by atoms with Crippen LogP contribution in [0, 0.1) is 0 Å². The molecule has 0 atom stereocenters. The molecular formula is C16H22O8. The minimum absolute atomic E-state index is 0.0513. The van der Waals surface area contributed by atoms with Gasteiger partial charge in [0, 0.05) is 0 Å². The SMILES string of the molecule is O=C(OCCOCCO)c1cccc(C(=O)OCCOCCO)c1. The monoisotopic (exact) mass is 342 g/mol. The Bertz CT molecular complexity index is 461. The van der Waals surface area contributed by atoms with E-state index in [9.17, 15) is 9.59 Å². The lowest BCUT2D eigenvalue weighted by Crippen LogP contribution is -2.14. The van der Waals surface area contributed by atoms with Crippen molar-refractivity contribution in [2.45, 2.75) is 0 Å². The second-order valence-electron chi connectivity index (χ2n) is 4.52. The van der Waals surface area contributed by atoms with Crippen molar-refractivity contribution in [3.05, 3.63) is 35.4 Å². The van der Waals surface area contributed by atoms with E-state index in [1.54, 1.807) is 6.07 Å². The molecular weight excluding hydrogens is 320 g/mol. The maximum Gasteiger partial charge on any atom is 0.338 e. The Balaban J connectivity index is 2.41. The highest BCUT2D eigenvalue weighted by molar-refractivity contribution is 5.95. The van der Waals surface area contributed by atoms with Crippen LogP contribution in [0.5, 0.6) is 0 Å². The molecule has 0 saturated heterocycles. The molecule has 0 fully saturated rings. The van der Waals surface area contributed by atoms with Crippen molar-refractivity contribution in [3.8, 4) is 0 Å². The Morgan fingerprint density at radius 2 is 1.21 bits per heavy atom.